The first-order valence-electron chi connectivity index (χ1n) is 2.48. The van der Waals surface area contributed by atoms with Gasteiger partial charge in [0.25, 0.3) is 0 Å². The van der Waals surface area contributed by atoms with Crippen molar-refractivity contribution in [2.75, 3.05) is 7.05 Å². The zero-order valence-electron chi connectivity index (χ0n) is 4.78. The van der Waals surface area contributed by atoms with E-state index in [2.05, 4.69) is 19.1 Å². The molecule has 0 aliphatic heterocycles. The van der Waals surface area contributed by atoms with Crippen molar-refractivity contribution in [1.82, 2.24) is 5.32 Å². The van der Waals surface area contributed by atoms with Crippen LogP contribution in [0.25, 0.3) is 0 Å². The van der Waals surface area contributed by atoms with Crippen molar-refractivity contribution in [2.45, 2.75) is 19.7 Å². The highest BCUT2D eigenvalue weighted by atomic mass is 14.8. The molecule has 0 saturated heterocycles. The Kier molecular flexibility index (Phi) is 3.24. The van der Waals surface area contributed by atoms with Gasteiger partial charge in [-0.3, -0.25) is 0 Å². The highest BCUT2D eigenvalue weighted by Gasteiger charge is 1.89. The van der Waals surface area contributed by atoms with E-state index in [1.807, 2.05) is 7.05 Å². The highest BCUT2D eigenvalue weighted by molar-refractivity contribution is 6.35. The average molecular weight is 85.0 g/mol. The summed E-state index contributed by atoms with van der Waals surface area (Å²) in [6.45, 7) is 4.33. The second-order valence-electron chi connectivity index (χ2n) is 1.60. The summed E-state index contributed by atoms with van der Waals surface area (Å²) >= 11 is 0. The van der Waals surface area contributed by atoms with Crippen LogP contribution >= 0.6 is 0 Å². The summed E-state index contributed by atoms with van der Waals surface area (Å²) in [6.07, 6.45) is 0. The van der Waals surface area contributed by atoms with Crippen LogP contribution in [0.15, 0.2) is 0 Å². The lowest BCUT2D eigenvalue weighted by molar-refractivity contribution is 0.787. The van der Waals surface area contributed by atoms with Gasteiger partial charge >= 0.3 is 0 Å². The van der Waals surface area contributed by atoms with Gasteiger partial charge in [0.05, 0.1) is 0 Å². The van der Waals surface area contributed by atoms with Crippen molar-refractivity contribution in [3.8, 4) is 0 Å². The molecular weight excluding hydrogens is 72.9 g/mol. The number of hydrogen-bond donors (Lipinski definition) is 1. The molecule has 36 valence electrons. The van der Waals surface area contributed by atoms with Gasteiger partial charge in [-0.05, 0) is 13.0 Å². The fraction of sp³-hybridized carbons (Fsp3) is 1.00. The van der Waals surface area contributed by atoms with Crippen LogP contribution in [0, 0.1) is 0 Å². The molecule has 0 spiro atoms. The summed E-state index contributed by atoms with van der Waals surface area (Å²) in [5, 5.41) is 3.11. The van der Waals surface area contributed by atoms with Gasteiger partial charge in [0.2, 0.25) is 0 Å². The van der Waals surface area contributed by atoms with Crippen LogP contribution in [0.1, 0.15) is 6.92 Å². The molecule has 0 saturated carbocycles. The maximum atomic E-state index is 3.11. The molecule has 0 aliphatic rings. The summed E-state index contributed by atoms with van der Waals surface area (Å²) < 4.78 is 0. The van der Waals surface area contributed by atoms with Gasteiger partial charge in [-0.1, -0.05) is 13.7 Å². The van der Waals surface area contributed by atoms with Gasteiger partial charge in [-0.2, -0.15) is 0 Å². The number of hydrogen-bond acceptors (Lipinski definition) is 1. The average Bonchev–Trinajstić information content (AvgIpc) is 1.65. The minimum atomic E-state index is 0.685. The maximum Gasteiger partial charge on any atom is 0.138 e. The molecule has 0 fully saturated rings. The fourth-order valence-corrected chi connectivity index (χ4v) is 0.204. The van der Waals surface area contributed by atoms with Gasteiger partial charge in [0, 0.05) is 0 Å². The lowest BCUT2D eigenvalue weighted by Gasteiger charge is -2.00. The summed E-state index contributed by atoms with van der Waals surface area (Å²) in [4.78, 5) is 0. The summed E-state index contributed by atoms with van der Waals surface area (Å²) in [5.41, 5.74) is 0. The Morgan fingerprint density at radius 3 is 2.17 bits per heavy atom. The van der Waals surface area contributed by atoms with Gasteiger partial charge in [0.1, 0.15) is 7.28 Å². The summed E-state index contributed by atoms with van der Waals surface area (Å²) in [5.74, 6) is 0.685. The van der Waals surface area contributed by atoms with Crippen LogP contribution in [-0.2, 0) is 0 Å². The summed E-state index contributed by atoms with van der Waals surface area (Å²) in [6, 6.07) is 0. The first-order chi connectivity index (χ1) is 2.81. The molecule has 2 heteroatoms. The molecule has 0 rings (SSSR count). The fourth-order valence-electron chi connectivity index (χ4n) is 0.204. The van der Waals surface area contributed by atoms with Crippen LogP contribution in [-0.4, -0.2) is 20.3 Å². The van der Waals surface area contributed by atoms with Crippen molar-refractivity contribution in [2.24, 2.45) is 0 Å². The third-order valence-electron chi connectivity index (χ3n) is 1.11. The topological polar surface area (TPSA) is 12.0 Å². The summed E-state index contributed by atoms with van der Waals surface area (Å²) in [7, 11) is 3.20. The first-order valence-corrected chi connectivity index (χ1v) is 2.48. The Balaban J connectivity index is 2.75. The zero-order valence-corrected chi connectivity index (χ0v) is 4.78. The molecular formula is C4H12BN. The Hall–Kier alpha value is 0.0249. The quantitative estimate of drug-likeness (QED) is 0.466. The molecule has 0 heterocycles. The van der Waals surface area contributed by atoms with Gasteiger partial charge in [-0.25, -0.2) is 0 Å². The second kappa shape index (κ2) is 3.22. The lowest BCUT2D eigenvalue weighted by atomic mass is 9.74. The molecule has 0 aromatic heterocycles. The first kappa shape index (κ1) is 6.02. The van der Waals surface area contributed by atoms with Gasteiger partial charge in [-0.15, -0.1) is 0 Å². The molecule has 1 nitrogen and oxygen atoms in total. The second-order valence-corrected chi connectivity index (χ2v) is 1.60. The third kappa shape index (κ3) is 2.27. The highest BCUT2D eigenvalue weighted by Crippen LogP contribution is 1.69. The minimum absolute atomic E-state index is 0.685. The van der Waals surface area contributed by atoms with E-state index in [0.717, 1.165) is 0 Å². The van der Waals surface area contributed by atoms with Gasteiger partial charge < -0.3 is 5.32 Å². The Morgan fingerprint density at radius 2 is 2.17 bits per heavy atom. The van der Waals surface area contributed by atoms with E-state index in [1.54, 1.807) is 0 Å². The van der Waals surface area contributed by atoms with Crippen molar-refractivity contribution >= 4 is 7.28 Å². The van der Waals surface area contributed by atoms with E-state index in [-0.39, 0.29) is 0 Å². The lowest BCUT2D eigenvalue weighted by Crippen LogP contribution is -2.25. The third-order valence-corrected chi connectivity index (χ3v) is 1.11. The molecule has 0 aromatic carbocycles. The van der Waals surface area contributed by atoms with Crippen molar-refractivity contribution in [3.05, 3.63) is 0 Å². The molecule has 0 amide bonds. The standard InChI is InChI=1S/C4H12BN/c1-4(5-2)6-3/h4-6H,1-3H3. The van der Waals surface area contributed by atoms with Crippen LogP contribution in [0.3, 0.4) is 0 Å². The Morgan fingerprint density at radius 1 is 1.67 bits per heavy atom. The van der Waals surface area contributed by atoms with Crippen LogP contribution in [0.2, 0.25) is 6.82 Å². The number of nitrogens with one attached hydrogen (secondary N) is 1. The van der Waals surface area contributed by atoms with E-state index >= 15 is 0 Å². The molecule has 6 heavy (non-hydrogen) atoms. The van der Waals surface area contributed by atoms with E-state index < -0.39 is 0 Å². The molecule has 1 unspecified atom stereocenters. The van der Waals surface area contributed by atoms with Crippen LogP contribution in [0.4, 0.5) is 0 Å². The van der Waals surface area contributed by atoms with Crippen molar-refractivity contribution < 1.29 is 0 Å². The SMILES string of the molecule is CBC(C)NC. The van der Waals surface area contributed by atoms with E-state index in [1.165, 1.54) is 7.28 Å². The minimum Gasteiger partial charge on any atom is -0.325 e. The van der Waals surface area contributed by atoms with Crippen molar-refractivity contribution in [3.63, 3.8) is 0 Å². The maximum absolute atomic E-state index is 3.11. The smallest absolute Gasteiger partial charge is 0.138 e. The molecule has 0 aliphatic carbocycles. The molecule has 0 bridgehead atoms. The zero-order chi connectivity index (χ0) is 4.99. The largest absolute Gasteiger partial charge is 0.325 e. The van der Waals surface area contributed by atoms with Crippen LogP contribution < -0.4 is 5.32 Å². The molecule has 0 radical (unpaired) electrons. The number of rotatable bonds is 2. The van der Waals surface area contributed by atoms with E-state index in [4.69, 9.17) is 0 Å². The van der Waals surface area contributed by atoms with E-state index in [9.17, 15) is 0 Å². The Labute approximate surface area is 40.4 Å². The van der Waals surface area contributed by atoms with E-state index in [0.29, 0.717) is 5.94 Å². The molecule has 1 atom stereocenters. The van der Waals surface area contributed by atoms with Gasteiger partial charge in [0.15, 0.2) is 0 Å². The predicted octanol–water partition coefficient (Wildman–Crippen LogP) is 0.0364. The van der Waals surface area contributed by atoms with Crippen molar-refractivity contribution in [1.29, 1.82) is 0 Å². The molecule has 0 aromatic rings. The predicted molar refractivity (Wildman–Crippen MR) is 31.5 cm³/mol. The normalized spacial score (nSPS) is 13.8. The molecule has 1 N–H and O–H groups in total. The van der Waals surface area contributed by atoms with Crippen LogP contribution in [0.5, 0.6) is 0 Å². The Bertz CT molecular complexity index is 26.7. The monoisotopic (exact) mass is 85.1 g/mol.